The number of imidazole rings is 1. The molecule has 0 aliphatic heterocycles. The van der Waals surface area contributed by atoms with E-state index in [2.05, 4.69) is 25.6 Å². The van der Waals surface area contributed by atoms with Gasteiger partial charge in [-0.15, -0.1) is 0 Å². The summed E-state index contributed by atoms with van der Waals surface area (Å²) in [5.41, 5.74) is 1.02. The predicted octanol–water partition coefficient (Wildman–Crippen LogP) is 3.77. The van der Waals surface area contributed by atoms with Crippen molar-refractivity contribution in [2.75, 3.05) is 13.2 Å². The molecular weight excluding hydrogens is 430 g/mol. The Hall–Kier alpha value is -2.16. The zero-order chi connectivity index (χ0) is 19.1. The number of nitrogens with zero attached hydrogens (tertiary/aromatic N) is 2. The number of sulfonamides is 1. The van der Waals surface area contributed by atoms with Crippen LogP contribution in [0, 0.1) is 0 Å². The number of ether oxygens (including phenoxy) is 1. The second kappa shape index (κ2) is 9.16. The zero-order valence-corrected chi connectivity index (χ0v) is 17.0. The lowest BCUT2D eigenvalue weighted by Crippen LogP contribution is -2.25. The number of halogens is 1. The van der Waals surface area contributed by atoms with Crippen molar-refractivity contribution in [2.45, 2.75) is 17.7 Å². The molecule has 142 valence electrons. The maximum absolute atomic E-state index is 12.2. The average molecular weight is 450 g/mol. The monoisotopic (exact) mass is 449 g/mol. The number of benzene rings is 2. The number of unbranched alkanes of at least 4 members (excludes halogenated alkanes) is 1. The van der Waals surface area contributed by atoms with Gasteiger partial charge in [-0.1, -0.05) is 15.9 Å². The van der Waals surface area contributed by atoms with Crippen molar-refractivity contribution in [3.8, 4) is 11.4 Å². The third kappa shape index (κ3) is 5.66. The summed E-state index contributed by atoms with van der Waals surface area (Å²) in [6, 6.07) is 14.3. The normalized spacial score (nSPS) is 11.4. The Kier molecular flexibility index (Phi) is 6.65. The van der Waals surface area contributed by atoms with E-state index in [-0.39, 0.29) is 4.90 Å². The molecular formula is C19H20BrN3O3S. The van der Waals surface area contributed by atoms with Crippen LogP contribution in [0.25, 0.3) is 5.69 Å². The van der Waals surface area contributed by atoms with Crippen LogP contribution in [-0.2, 0) is 10.0 Å². The number of rotatable bonds is 9. The first kappa shape index (κ1) is 19.6. The van der Waals surface area contributed by atoms with Crippen LogP contribution in [0.15, 0.2) is 76.6 Å². The first-order chi connectivity index (χ1) is 13.0. The molecule has 1 aromatic heterocycles. The van der Waals surface area contributed by atoms with E-state index < -0.39 is 10.0 Å². The third-order valence-electron chi connectivity index (χ3n) is 3.90. The SMILES string of the molecule is O=S(=O)(NCCCCOc1ccc(-n2ccnc2)cc1)c1ccc(Br)cc1. The van der Waals surface area contributed by atoms with Gasteiger partial charge in [0.05, 0.1) is 17.8 Å². The Morgan fingerprint density at radius 3 is 2.44 bits per heavy atom. The first-order valence-corrected chi connectivity index (χ1v) is 10.8. The second-order valence-electron chi connectivity index (χ2n) is 5.87. The minimum atomic E-state index is -3.46. The smallest absolute Gasteiger partial charge is 0.240 e. The number of hydrogen-bond acceptors (Lipinski definition) is 4. The van der Waals surface area contributed by atoms with Crippen LogP contribution in [-0.4, -0.2) is 31.1 Å². The molecule has 0 aliphatic carbocycles. The lowest BCUT2D eigenvalue weighted by atomic mass is 10.3. The molecule has 27 heavy (non-hydrogen) atoms. The minimum Gasteiger partial charge on any atom is -0.494 e. The van der Waals surface area contributed by atoms with Crippen molar-refractivity contribution in [3.05, 3.63) is 71.7 Å². The van der Waals surface area contributed by atoms with Crippen molar-refractivity contribution in [1.29, 1.82) is 0 Å². The van der Waals surface area contributed by atoms with E-state index in [0.29, 0.717) is 19.6 Å². The molecule has 0 amide bonds. The van der Waals surface area contributed by atoms with Gasteiger partial charge < -0.3 is 9.30 Å². The fourth-order valence-corrected chi connectivity index (χ4v) is 3.79. The maximum Gasteiger partial charge on any atom is 0.240 e. The van der Waals surface area contributed by atoms with Gasteiger partial charge in [-0.05, 0) is 61.4 Å². The first-order valence-electron chi connectivity index (χ1n) is 8.51. The molecule has 3 rings (SSSR count). The molecule has 1 N–H and O–H groups in total. The molecule has 8 heteroatoms. The van der Waals surface area contributed by atoms with E-state index in [9.17, 15) is 8.42 Å². The Morgan fingerprint density at radius 1 is 1.04 bits per heavy atom. The highest BCUT2D eigenvalue weighted by Crippen LogP contribution is 2.16. The quantitative estimate of drug-likeness (QED) is 0.504. The molecule has 0 fully saturated rings. The Balaban J connectivity index is 1.37. The van der Waals surface area contributed by atoms with Gasteiger partial charge in [-0.2, -0.15) is 0 Å². The van der Waals surface area contributed by atoms with Crippen molar-refractivity contribution < 1.29 is 13.2 Å². The fourth-order valence-electron chi connectivity index (χ4n) is 2.45. The van der Waals surface area contributed by atoms with Gasteiger partial charge in [-0.3, -0.25) is 0 Å². The van der Waals surface area contributed by atoms with Gasteiger partial charge in [0.15, 0.2) is 0 Å². The van der Waals surface area contributed by atoms with Crippen LogP contribution >= 0.6 is 15.9 Å². The molecule has 0 saturated heterocycles. The van der Waals surface area contributed by atoms with Gasteiger partial charge in [0.1, 0.15) is 5.75 Å². The molecule has 1 heterocycles. The van der Waals surface area contributed by atoms with Crippen LogP contribution in [0.3, 0.4) is 0 Å². The molecule has 3 aromatic rings. The van der Waals surface area contributed by atoms with Crippen LogP contribution < -0.4 is 9.46 Å². The molecule has 0 radical (unpaired) electrons. The standard InChI is InChI=1S/C19H20BrN3O3S/c20-16-3-9-19(10-4-16)27(24,25)22-11-1-2-14-26-18-7-5-17(6-8-18)23-13-12-21-15-23/h3-10,12-13,15,22H,1-2,11,14H2. The summed E-state index contributed by atoms with van der Waals surface area (Å²) < 4.78 is 35.4. The Labute approximate surface area is 167 Å². The summed E-state index contributed by atoms with van der Waals surface area (Å²) in [5, 5.41) is 0. The Bertz CT molecular complexity index is 941. The molecule has 2 aromatic carbocycles. The summed E-state index contributed by atoms with van der Waals surface area (Å²) in [5.74, 6) is 0.786. The topological polar surface area (TPSA) is 73.2 Å². The van der Waals surface area contributed by atoms with E-state index in [0.717, 1.165) is 22.3 Å². The van der Waals surface area contributed by atoms with Gasteiger partial charge in [-0.25, -0.2) is 18.1 Å². The number of hydrogen-bond donors (Lipinski definition) is 1. The lowest BCUT2D eigenvalue weighted by molar-refractivity contribution is 0.307. The minimum absolute atomic E-state index is 0.264. The van der Waals surface area contributed by atoms with E-state index in [1.807, 2.05) is 35.0 Å². The number of nitrogens with one attached hydrogen (secondary N) is 1. The van der Waals surface area contributed by atoms with Crippen LogP contribution in [0.2, 0.25) is 0 Å². The van der Waals surface area contributed by atoms with Gasteiger partial charge in [0.25, 0.3) is 0 Å². The summed E-state index contributed by atoms with van der Waals surface area (Å²) in [7, 11) is -3.46. The molecule has 0 spiro atoms. The van der Waals surface area contributed by atoms with E-state index in [1.165, 1.54) is 0 Å². The average Bonchev–Trinajstić information content (AvgIpc) is 3.20. The van der Waals surface area contributed by atoms with Gasteiger partial charge >= 0.3 is 0 Å². The molecule has 0 atom stereocenters. The second-order valence-corrected chi connectivity index (χ2v) is 8.55. The van der Waals surface area contributed by atoms with Crippen molar-refractivity contribution in [1.82, 2.24) is 14.3 Å². The van der Waals surface area contributed by atoms with Crippen LogP contribution in [0.5, 0.6) is 5.75 Å². The highest BCUT2D eigenvalue weighted by Gasteiger charge is 2.12. The zero-order valence-electron chi connectivity index (χ0n) is 14.6. The lowest BCUT2D eigenvalue weighted by Gasteiger charge is -2.09. The van der Waals surface area contributed by atoms with Crippen LogP contribution in [0.4, 0.5) is 0 Å². The van der Waals surface area contributed by atoms with Crippen molar-refractivity contribution in [2.24, 2.45) is 0 Å². The summed E-state index contributed by atoms with van der Waals surface area (Å²) in [4.78, 5) is 4.28. The van der Waals surface area contributed by atoms with Crippen LogP contribution in [0.1, 0.15) is 12.8 Å². The molecule has 0 aliphatic rings. The van der Waals surface area contributed by atoms with E-state index in [4.69, 9.17) is 4.74 Å². The highest BCUT2D eigenvalue weighted by atomic mass is 79.9. The Morgan fingerprint density at radius 2 is 1.78 bits per heavy atom. The molecule has 0 unspecified atom stereocenters. The van der Waals surface area contributed by atoms with Gasteiger partial charge in [0.2, 0.25) is 10.0 Å². The molecule has 6 nitrogen and oxygen atoms in total. The maximum atomic E-state index is 12.2. The summed E-state index contributed by atoms with van der Waals surface area (Å²) >= 11 is 3.29. The van der Waals surface area contributed by atoms with E-state index in [1.54, 1.807) is 36.8 Å². The van der Waals surface area contributed by atoms with Gasteiger partial charge in [0, 0.05) is 29.1 Å². The number of aromatic nitrogens is 2. The largest absolute Gasteiger partial charge is 0.494 e. The summed E-state index contributed by atoms with van der Waals surface area (Å²) in [6.45, 7) is 0.908. The van der Waals surface area contributed by atoms with E-state index >= 15 is 0 Å². The van der Waals surface area contributed by atoms with Crippen molar-refractivity contribution in [3.63, 3.8) is 0 Å². The molecule has 0 saturated carbocycles. The highest BCUT2D eigenvalue weighted by molar-refractivity contribution is 9.10. The van der Waals surface area contributed by atoms with Crippen molar-refractivity contribution >= 4 is 26.0 Å². The predicted molar refractivity (Wildman–Crippen MR) is 108 cm³/mol. The third-order valence-corrected chi connectivity index (χ3v) is 5.90. The molecule has 0 bridgehead atoms. The fraction of sp³-hybridized carbons (Fsp3) is 0.211. The summed E-state index contributed by atoms with van der Waals surface area (Å²) in [6.07, 6.45) is 6.81.